The predicted octanol–water partition coefficient (Wildman–Crippen LogP) is 6.01. The Morgan fingerprint density at radius 1 is 0.771 bits per heavy atom. The van der Waals surface area contributed by atoms with Gasteiger partial charge in [-0.25, -0.2) is 0 Å². The molecule has 3 N–H and O–H groups in total. The van der Waals surface area contributed by atoms with Gasteiger partial charge in [-0.3, -0.25) is 14.4 Å². The van der Waals surface area contributed by atoms with E-state index in [2.05, 4.69) is 16.0 Å². The van der Waals surface area contributed by atoms with Gasteiger partial charge in [0.1, 0.15) is 18.9 Å². The standard InChI is InChI=1S/C36H35N3O8S/c1-22(34(40)38-26-12-15-29-30(21-26)47-17-16-46-29)48-27-13-10-25(11-14-27)37-36(42)28(39-35(41)24-8-6-5-7-9-24)18-23-19-31(43-2)33(45-4)32(20-23)44-3/h5-15,18-22H,16-17H2,1-4H3,(H,37,42)(H,38,40)(H,39,41)/b28-18-. The Hall–Kier alpha value is -5.62. The van der Waals surface area contributed by atoms with Crippen LogP contribution in [-0.2, 0) is 9.59 Å². The number of hydrogen-bond donors (Lipinski definition) is 3. The van der Waals surface area contributed by atoms with Crippen molar-refractivity contribution >= 4 is 46.9 Å². The minimum atomic E-state index is -0.555. The third-order valence-electron chi connectivity index (χ3n) is 7.13. The highest BCUT2D eigenvalue weighted by atomic mass is 32.2. The molecule has 11 nitrogen and oxygen atoms in total. The van der Waals surface area contributed by atoms with E-state index >= 15 is 0 Å². The summed E-state index contributed by atoms with van der Waals surface area (Å²) >= 11 is 1.37. The maximum atomic E-state index is 13.6. The first-order valence-corrected chi connectivity index (χ1v) is 15.8. The van der Waals surface area contributed by atoms with Crippen molar-refractivity contribution in [3.63, 3.8) is 0 Å². The zero-order valence-electron chi connectivity index (χ0n) is 26.8. The largest absolute Gasteiger partial charge is 0.493 e. The monoisotopic (exact) mass is 669 g/mol. The molecule has 12 heteroatoms. The molecule has 0 radical (unpaired) electrons. The zero-order valence-corrected chi connectivity index (χ0v) is 27.6. The molecule has 1 heterocycles. The van der Waals surface area contributed by atoms with Crippen molar-refractivity contribution in [3.05, 3.63) is 102 Å². The SMILES string of the molecule is COc1cc(/C=C(\NC(=O)c2ccccc2)C(=O)Nc2ccc(SC(C)C(=O)Nc3ccc4c(c3)OCCO4)cc2)cc(OC)c1OC. The van der Waals surface area contributed by atoms with Crippen LogP contribution in [0.4, 0.5) is 11.4 Å². The number of benzene rings is 4. The molecule has 0 fully saturated rings. The number of nitrogens with one attached hydrogen (secondary N) is 3. The molecule has 3 amide bonds. The summed E-state index contributed by atoms with van der Waals surface area (Å²) in [6, 6.07) is 24.2. The van der Waals surface area contributed by atoms with Crippen molar-refractivity contribution in [1.82, 2.24) is 5.32 Å². The number of carbonyl (C=O) groups is 3. The van der Waals surface area contributed by atoms with Crippen LogP contribution in [0.5, 0.6) is 28.7 Å². The summed E-state index contributed by atoms with van der Waals surface area (Å²) in [6.45, 7) is 2.76. The Morgan fingerprint density at radius 2 is 1.42 bits per heavy atom. The summed E-state index contributed by atoms with van der Waals surface area (Å²) in [7, 11) is 4.48. The second-order valence-electron chi connectivity index (χ2n) is 10.4. The molecular formula is C36H35N3O8S. The van der Waals surface area contributed by atoms with E-state index in [0.29, 0.717) is 64.5 Å². The van der Waals surface area contributed by atoms with Crippen LogP contribution in [-0.4, -0.2) is 57.5 Å². The fourth-order valence-corrected chi connectivity index (χ4v) is 5.60. The first-order valence-electron chi connectivity index (χ1n) is 14.9. The maximum Gasteiger partial charge on any atom is 0.272 e. The molecule has 4 aromatic carbocycles. The molecule has 4 aromatic rings. The van der Waals surface area contributed by atoms with Crippen LogP contribution in [0.25, 0.3) is 6.08 Å². The molecule has 1 aliphatic rings. The van der Waals surface area contributed by atoms with Crippen molar-refractivity contribution < 1.29 is 38.1 Å². The van der Waals surface area contributed by atoms with Gasteiger partial charge in [-0.05, 0) is 79.2 Å². The second-order valence-corrected chi connectivity index (χ2v) is 11.8. The number of anilines is 2. The Bertz CT molecular complexity index is 1790. The predicted molar refractivity (Wildman–Crippen MR) is 184 cm³/mol. The highest BCUT2D eigenvalue weighted by molar-refractivity contribution is 8.00. The summed E-state index contributed by atoms with van der Waals surface area (Å²) in [5, 5.41) is 8.06. The van der Waals surface area contributed by atoms with Crippen LogP contribution in [0.15, 0.2) is 95.5 Å². The van der Waals surface area contributed by atoms with Crippen molar-refractivity contribution in [3.8, 4) is 28.7 Å². The van der Waals surface area contributed by atoms with Crippen molar-refractivity contribution in [2.45, 2.75) is 17.1 Å². The Balaban J connectivity index is 1.29. The zero-order chi connectivity index (χ0) is 34.0. The highest BCUT2D eigenvalue weighted by Crippen LogP contribution is 2.39. The molecule has 0 saturated heterocycles. The van der Waals surface area contributed by atoms with Gasteiger partial charge in [-0.2, -0.15) is 0 Å². The van der Waals surface area contributed by atoms with Gasteiger partial charge in [-0.1, -0.05) is 18.2 Å². The number of methoxy groups -OCH3 is 3. The summed E-state index contributed by atoms with van der Waals surface area (Å²) < 4.78 is 27.5. The van der Waals surface area contributed by atoms with Crippen LogP contribution in [0, 0.1) is 0 Å². The summed E-state index contributed by atoms with van der Waals surface area (Å²) in [4.78, 5) is 40.4. The van der Waals surface area contributed by atoms with Crippen LogP contribution in [0.2, 0.25) is 0 Å². The van der Waals surface area contributed by atoms with Crippen LogP contribution in [0.1, 0.15) is 22.8 Å². The van der Waals surface area contributed by atoms with Gasteiger partial charge < -0.3 is 39.6 Å². The number of fused-ring (bicyclic) bond motifs is 1. The van der Waals surface area contributed by atoms with E-state index in [1.807, 2.05) is 6.92 Å². The van der Waals surface area contributed by atoms with Crippen molar-refractivity contribution in [2.75, 3.05) is 45.2 Å². The van der Waals surface area contributed by atoms with E-state index in [0.717, 1.165) is 4.90 Å². The Morgan fingerprint density at radius 3 is 2.06 bits per heavy atom. The minimum Gasteiger partial charge on any atom is -0.493 e. The molecule has 0 spiro atoms. The lowest BCUT2D eigenvalue weighted by atomic mass is 10.1. The lowest BCUT2D eigenvalue weighted by molar-refractivity contribution is -0.115. The molecule has 1 atom stereocenters. The van der Waals surface area contributed by atoms with E-state index in [-0.39, 0.29) is 11.6 Å². The number of ether oxygens (including phenoxy) is 5. The van der Waals surface area contributed by atoms with Gasteiger partial charge in [0.15, 0.2) is 23.0 Å². The molecule has 5 rings (SSSR count). The number of thioether (sulfide) groups is 1. The molecule has 0 aliphatic carbocycles. The van der Waals surface area contributed by atoms with Gasteiger partial charge in [-0.15, -0.1) is 11.8 Å². The normalized spacial score (nSPS) is 12.7. The molecule has 1 unspecified atom stereocenters. The number of hydrogen-bond acceptors (Lipinski definition) is 9. The quantitative estimate of drug-likeness (QED) is 0.123. The maximum absolute atomic E-state index is 13.6. The Labute approximate surface area is 282 Å². The van der Waals surface area contributed by atoms with Gasteiger partial charge in [0.2, 0.25) is 11.7 Å². The van der Waals surface area contributed by atoms with E-state index in [1.165, 1.54) is 39.2 Å². The lowest BCUT2D eigenvalue weighted by Gasteiger charge is -2.19. The summed E-state index contributed by atoms with van der Waals surface area (Å²) in [6.07, 6.45) is 1.52. The highest BCUT2D eigenvalue weighted by Gasteiger charge is 2.20. The van der Waals surface area contributed by atoms with Gasteiger partial charge >= 0.3 is 0 Å². The lowest BCUT2D eigenvalue weighted by Crippen LogP contribution is -2.30. The molecule has 0 bridgehead atoms. The molecular weight excluding hydrogens is 634 g/mol. The smallest absolute Gasteiger partial charge is 0.272 e. The average molecular weight is 670 g/mol. The third kappa shape index (κ3) is 8.39. The van der Waals surface area contributed by atoms with Crippen LogP contribution < -0.4 is 39.6 Å². The fraction of sp³-hybridized carbons (Fsp3) is 0.194. The van der Waals surface area contributed by atoms with Crippen LogP contribution >= 0.6 is 11.8 Å². The van der Waals surface area contributed by atoms with Gasteiger partial charge in [0, 0.05) is 27.9 Å². The average Bonchev–Trinajstić information content (AvgIpc) is 3.11. The number of carbonyl (C=O) groups excluding carboxylic acids is 3. The summed E-state index contributed by atoms with van der Waals surface area (Å²) in [5.74, 6) is 1.23. The molecule has 1 aliphatic heterocycles. The molecule has 248 valence electrons. The minimum absolute atomic E-state index is 0.0130. The van der Waals surface area contributed by atoms with E-state index < -0.39 is 17.1 Å². The van der Waals surface area contributed by atoms with Crippen LogP contribution in [0.3, 0.4) is 0 Å². The van der Waals surface area contributed by atoms with Crippen molar-refractivity contribution in [1.29, 1.82) is 0 Å². The fourth-order valence-electron chi connectivity index (χ4n) is 4.73. The first-order chi connectivity index (χ1) is 23.3. The first kappa shape index (κ1) is 33.7. The molecule has 48 heavy (non-hydrogen) atoms. The van der Waals surface area contributed by atoms with Crippen molar-refractivity contribution in [2.24, 2.45) is 0 Å². The second kappa shape index (κ2) is 15.8. The molecule has 0 aromatic heterocycles. The van der Waals surface area contributed by atoms with E-state index in [4.69, 9.17) is 23.7 Å². The number of rotatable bonds is 12. The number of amides is 3. The van der Waals surface area contributed by atoms with Gasteiger partial charge in [0.05, 0.1) is 26.6 Å². The Kier molecular flexibility index (Phi) is 11.1. The van der Waals surface area contributed by atoms with E-state index in [9.17, 15) is 14.4 Å². The van der Waals surface area contributed by atoms with Gasteiger partial charge in [0.25, 0.3) is 11.8 Å². The summed E-state index contributed by atoms with van der Waals surface area (Å²) in [5.41, 5.74) is 2.00. The third-order valence-corrected chi connectivity index (χ3v) is 8.24. The van der Waals surface area contributed by atoms with E-state index in [1.54, 1.807) is 84.9 Å². The topological polar surface area (TPSA) is 133 Å². The molecule has 0 saturated carbocycles.